The quantitative estimate of drug-likeness (QED) is 0.583. The number of amides is 2. The molecular weight excluding hydrogens is 366 g/mol. The largest absolute Gasteiger partial charge is 0.496 e. The number of ether oxygens (including phenoxy) is 2. The summed E-state index contributed by atoms with van der Waals surface area (Å²) in [6.45, 7) is 0.587. The number of methoxy groups -OCH3 is 1. The maximum atomic E-state index is 12.5. The molecule has 3 rings (SSSR count). The van der Waals surface area contributed by atoms with Crippen LogP contribution < -0.4 is 15.4 Å². The van der Waals surface area contributed by atoms with Crippen LogP contribution in [0, 0.1) is 10.1 Å². The predicted molar refractivity (Wildman–Crippen MR) is 102 cm³/mol. The maximum absolute atomic E-state index is 12.5. The van der Waals surface area contributed by atoms with Gasteiger partial charge in [-0.1, -0.05) is 0 Å². The van der Waals surface area contributed by atoms with Gasteiger partial charge in [0.15, 0.2) is 0 Å². The molecule has 0 saturated carbocycles. The van der Waals surface area contributed by atoms with Crippen molar-refractivity contribution in [1.29, 1.82) is 0 Å². The van der Waals surface area contributed by atoms with E-state index in [-0.39, 0.29) is 22.9 Å². The fourth-order valence-corrected chi connectivity index (χ4v) is 2.83. The summed E-state index contributed by atoms with van der Waals surface area (Å²) in [6, 6.07) is 10.3. The monoisotopic (exact) mass is 385 g/mol. The van der Waals surface area contributed by atoms with Gasteiger partial charge in [-0.25, -0.2) is 0 Å². The van der Waals surface area contributed by atoms with Gasteiger partial charge in [0.25, 0.3) is 17.5 Å². The number of nitrogens with zero attached hydrogens (tertiary/aromatic N) is 1. The molecule has 1 heterocycles. The first kappa shape index (κ1) is 19.3. The highest BCUT2D eigenvalue weighted by Gasteiger charge is 2.23. The van der Waals surface area contributed by atoms with Crippen molar-refractivity contribution in [3.63, 3.8) is 0 Å². The Balaban J connectivity index is 1.68. The summed E-state index contributed by atoms with van der Waals surface area (Å²) in [4.78, 5) is 34.9. The SMILES string of the molecule is COc1ccc([N+](=O)[O-])cc1C(=O)Nc1ccc(NC(=O)C2CCCO2)cc1. The molecule has 1 atom stereocenters. The fraction of sp³-hybridized carbons (Fsp3) is 0.263. The Bertz CT molecular complexity index is 891. The van der Waals surface area contributed by atoms with E-state index in [4.69, 9.17) is 9.47 Å². The Morgan fingerprint density at radius 1 is 1.14 bits per heavy atom. The van der Waals surface area contributed by atoms with Crippen molar-refractivity contribution in [3.8, 4) is 5.75 Å². The second-order valence-corrected chi connectivity index (χ2v) is 6.16. The predicted octanol–water partition coefficient (Wildman–Crippen LogP) is 2.97. The average molecular weight is 385 g/mol. The standard InChI is InChI=1S/C19H19N3O6/c1-27-16-9-8-14(22(25)26)11-15(16)18(23)20-12-4-6-13(7-5-12)21-19(24)17-3-2-10-28-17/h4-9,11,17H,2-3,10H2,1H3,(H,20,23)(H,21,24). The summed E-state index contributed by atoms with van der Waals surface area (Å²) in [5, 5.41) is 16.4. The summed E-state index contributed by atoms with van der Waals surface area (Å²) in [5.41, 5.74) is 0.880. The van der Waals surface area contributed by atoms with Crippen LogP contribution in [0.3, 0.4) is 0 Å². The van der Waals surface area contributed by atoms with E-state index >= 15 is 0 Å². The van der Waals surface area contributed by atoms with Crippen LogP contribution in [0.15, 0.2) is 42.5 Å². The lowest BCUT2D eigenvalue weighted by molar-refractivity contribution is -0.384. The average Bonchev–Trinajstić information content (AvgIpc) is 3.24. The van der Waals surface area contributed by atoms with Gasteiger partial charge in [0.2, 0.25) is 0 Å². The lowest BCUT2D eigenvalue weighted by atomic mass is 10.1. The molecule has 1 fully saturated rings. The lowest BCUT2D eigenvalue weighted by Crippen LogP contribution is -2.26. The molecule has 1 aliphatic heterocycles. The minimum Gasteiger partial charge on any atom is -0.496 e. The first-order chi connectivity index (χ1) is 13.5. The van der Waals surface area contributed by atoms with E-state index in [2.05, 4.69) is 10.6 Å². The van der Waals surface area contributed by atoms with Crippen molar-refractivity contribution in [1.82, 2.24) is 0 Å². The molecule has 0 spiro atoms. The van der Waals surface area contributed by atoms with Crippen LogP contribution >= 0.6 is 0 Å². The fourth-order valence-electron chi connectivity index (χ4n) is 2.83. The van der Waals surface area contributed by atoms with E-state index in [0.717, 1.165) is 12.5 Å². The number of nitro groups is 1. The van der Waals surface area contributed by atoms with E-state index in [1.165, 1.54) is 19.2 Å². The van der Waals surface area contributed by atoms with Crippen molar-refractivity contribution >= 4 is 28.9 Å². The van der Waals surface area contributed by atoms with Crippen LogP contribution in [0.4, 0.5) is 17.1 Å². The third-order valence-electron chi connectivity index (χ3n) is 4.27. The molecule has 28 heavy (non-hydrogen) atoms. The van der Waals surface area contributed by atoms with Crippen molar-refractivity contribution in [2.75, 3.05) is 24.4 Å². The molecule has 2 N–H and O–H groups in total. The van der Waals surface area contributed by atoms with Crippen LogP contribution in [-0.2, 0) is 9.53 Å². The third-order valence-corrected chi connectivity index (χ3v) is 4.27. The van der Waals surface area contributed by atoms with Crippen LogP contribution in [0.5, 0.6) is 5.75 Å². The van der Waals surface area contributed by atoms with E-state index in [9.17, 15) is 19.7 Å². The molecule has 2 aromatic carbocycles. The van der Waals surface area contributed by atoms with Gasteiger partial charge in [0, 0.05) is 30.1 Å². The number of nitrogens with one attached hydrogen (secondary N) is 2. The summed E-state index contributed by atoms with van der Waals surface area (Å²) in [7, 11) is 1.38. The van der Waals surface area contributed by atoms with Gasteiger partial charge < -0.3 is 20.1 Å². The number of nitro benzene ring substituents is 1. The van der Waals surface area contributed by atoms with E-state index in [0.29, 0.717) is 24.4 Å². The molecule has 9 heteroatoms. The Hall–Kier alpha value is -3.46. The summed E-state index contributed by atoms with van der Waals surface area (Å²) < 4.78 is 10.4. The molecule has 146 valence electrons. The molecule has 1 saturated heterocycles. The molecule has 0 aliphatic carbocycles. The number of hydrogen-bond acceptors (Lipinski definition) is 6. The molecular formula is C19H19N3O6. The van der Waals surface area contributed by atoms with E-state index < -0.39 is 16.9 Å². The topological polar surface area (TPSA) is 120 Å². The molecule has 0 bridgehead atoms. The molecule has 0 radical (unpaired) electrons. The molecule has 1 unspecified atom stereocenters. The van der Waals surface area contributed by atoms with Crippen LogP contribution in [-0.4, -0.2) is 36.6 Å². The van der Waals surface area contributed by atoms with Crippen molar-refractivity contribution in [2.24, 2.45) is 0 Å². The molecule has 9 nitrogen and oxygen atoms in total. The highest BCUT2D eigenvalue weighted by Crippen LogP contribution is 2.25. The Labute approximate surface area is 160 Å². The maximum Gasteiger partial charge on any atom is 0.270 e. The smallest absolute Gasteiger partial charge is 0.270 e. The summed E-state index contributed by atoms with van der Waals surface area (Å²) >= 11 is 0. The lowest BCUT2D eigenvalue weighted by Gasteiger charge is -2.12. The van der Waals surface area contributed by atoms with Gasteiger partial charge in [-0.2, -0.15) is 0 Å². The van der Waals surface area contributed by atoms with Gasteiger partial charge in [0.1, 0.15) is 11.9 Å². The molecule has 0 aromatic heterocycles. The van der Waals surface area contributed by atoms with Crippen molar-refractivity contribution in [2.45, 2.75) is 18.9 Å². The first-order valence-electron chi connectivity index (χ1n) is 8.64. The van der Waals surface area contributed by atoms with E-state index in [1.807, 2.05) is 0 Å². The zero-order valence-corrected chi connectivity index (χ0v) is 15.1. The number of rotatable bonds is 6. The minimum atomic E-state index is -0.582. The third kappa shape index (κ3) is 4.44. The van der Waals surface area contributed by atoms with Gasteiger partial charge in [-0.15, -0.1) is 0 Å². The van der Waals surface area contributed by atoms with Crippen LogP contribution in [0.25, 0.3) is 0 Å². The molecule has 2 aromatic rings. The number of benzene rings is 2. The zero-order valence-electron chi connectivity index (χ0n) is 15.1. The first-order valence-corrected chi connectivity index (χ1v) is 8.64. The Kier molecular flexibility index (Phi) is 5.85. The van der Waals surface area contributed by atoms with Gasteiger partial charge >= 0.3 is 0 Å². The van der Waals surface area contributed by atoms with Gasteiger partial charge in [-0.05, 0) is 43.2 Å². The summed E-state index contributed by atoms with van der Waals surface area (Å²) in [6.07, 6.45) is 1.13. The number of carbonyl (C=O) groups is 2. The second-order valence-electron chi connectivity index (χ2n) is 6.16. The van der Waals surface area contributed by atoms with Crippen molar-refractivity contribution in [3.05, 3.63) is 58.1 Å². The van der Waals surface area contributed by atoms with Gasteiger partial charge in [0.05, 0.1) is 17.6 Å². The van der Waals surface area contributed by atoms with Crippen LogP contribution in [0.2, 0.25) is 0 Å². The number of hydrogen-bond donors (Lipinski definition) is 2. The molecule has 1 aliphatic rings. The molecule has 2 amide bonds. The Morgan fingerprint density at radius 3 is 2.39 bits per heavy atom. The Morgan fingerprint density at radius 2 is 1.82 bits per heavy atom. The van der Waals surface area contributed by atoms with Crippen molar-refractivity contribution < 1.29 is 24.0 Å². The zero-order chi connectivity index (χ0) is 20.1. The number of carbonyl (C=O) groups excluding carboxylic acids is 2. The van der Waals surface area contributed by atoms with Gasteiger partial charge in [-0.3, -0.25) is 19.7 Å². The minimum absolute atomic E-state index is 0.0486. The highest BCUT2D eigenvalue weighted by molar-refractivity contribution is 6.06. The summed E-state index contributed by atoms with van der Waals surface area (Å²) in [5.74, 6) is -0.518. The second kappa shape index (κ2) is 8.49. The number of anilines is 2. The van der Waals surface area contributed by atoms with E-state index in [1.54, 1.807) is 24.3 Å². The highest BCUT2D eigenvalue weighted by atomic mass is 16.6. The number of non-ortho nitro benzene ring substituents is 1. The normalized spacial score (nSPS) is 15.7. The van der Waals surface area contributed by atoms with Crippen LogP contribution in [0.1, 0.15) is 23.2 Å².